The van der Waals surface area contributed by atoms with Gasteiger partial charge in [0, 0.05) is 32.7 Å². The van der Waals surface area contributed by atoms with Gasteiger partial charge < -0.3 is 56.0 Å². The van der Waals surface area contributed by atoms with Crippen molar-refractivity contribution >= 4 is 12.0 Å². The molecule has 0 atom stereocenters. The van der Waals surface area contributed by atoms with Crippen LogP contribution in [0.25, 0.3) is 0 Å². The van der Waals surface area contributed by atoms with E-state index in [2.05, 4.69) is 15.1 Å². The minimum atomic E-state index is -1.75. The van der Waals surface area contributed by atoms with E-state index in [-0.39, 0.29) is 42.8 Å². The van der Waals surface area contributed by atoms with Gasteiger partial charge in [0.25, 0.3) is 0 Å². The minimum absolute atomic E-state index is 0. The number of hydrogen-bond donors (Lipinski definition) is 0. The molecule has 18 nitrogen and oxygen atoms in total. The number of imidazole rings is 1. The van der Waals surface area contributed by atoms with Crippen LogP contribution in [0, 0.1) is 83.3 Å². The summed E-state index contributed by atoms with van der Waals surface area (Å²) in [6.07, 6.45) is 7.06. The summed E-state index contributed by atoms with van der Waals surface area (Å²) >= 11 is 0. The van der Waals surface area contributed by atoms with Gasteiger partial charge in [0.15, 0.2) is 5.82 Å². The van der Waals surface area contributed by atoms with Crippen LogP contribution in [0.2, 0.25) is 0 Å². The second-order valence-corrected chi connectivity index (χ2v) is 4.02. The zero-order chi connectivity index (χ0) is 22.1. The predicted octanol–water partition coefficient (Wildman–Crippen LogP) is -0.354. The van der Waals surface area contributed by atoms with Gasteiger partial charge in [-0.1, -0.05) is 6.07 Å². The molecule has 0 unspecified atom stereocenters. The molecule has 0 amide bonds. The number of aryl methyl sites for hydroxylation is 1. The molecule has 2 heterocycles. The van der Waals surface area contributed by atoms with Crippen LogP contribution in [-0.2, 0) is 12.5 Å². The molecule has 0 saturated carbocycles. The molecule has 0 saturated heterocycles. The van der Waals surface area contributed by atoms with Crippen molar-refractivity contribution in [1.29, 1.82) is 0 Å². The Labute approximate surface area is 196 Å². The van der Waals surface area contributed by atoms with E-state index in [9.17, 15) is 0 Å². The summed E-state index contributed by atoms with van der Waals surface area (Å²) in [6, 6.07) is 5.70. The number of rotatable bonds is 3. The molecule has 0 fully saturated rings. The molecule has 2 aromatic rings. The fourth-order valence-electron chi connectivity index (χ4n) is 1.24. The van der Waals surface area contributed by atoms with Crippen molar-refractivity contribution < 1.29 is 58.0 Å². The van der Waals surface area contributed by atoms with Crippen molar-refractivity contribution in [3.05, 3.63) is 88.6 Å². The Hall–Kier alpha value is -3.36. The maximum atomic E-state index is 8.25. The molecule has 1 radical (unpaired) electrons. The number of hydrogen-bond acceptors (Lipinski definition) is 13. The van der Waals surface area contributed by atoms with Gasteiger partial charge in [-0.3, -0.25) is 5.01 Å². The fraction of sp³-hybridized carbons (Fsp3) is 0.182. The third kappa shape index (κ3) is 24.6. The van der Waals surface area contributed by atoms with Crippen LogP contribution < -0.4 is 5.01 Å². The van der Waals surface area contributed by atoms with Gasteiger partial charge in [-0.05, 0) is 12.1 Å². The number of aromatic nitrogens is 3. The van der Waals surface area contributed by atoms with E-state index >= 15 is 0 Å². The van der Waals surface area contributed by atoms with E-state index in [1.165, 1.54) is 0 Å². The van der Waals surface area contributed by atoms with Crippen LogP contribution in [0.1, 0.15) is 5.82 Å². The molecule has 2 rings (SSSR count). The van der Waals surface area contributed by atoms with Crippen LogP contribution >= 0.6 is 0 Å². The maximum absolute atomic E-state index is 8.25. The third-order valence-electron chi connectivity index (χ3n) is 2.19. The van der Waals surface area contributed by atoms with Gasteiger partial charge in [-0.15, -0.1) is 0 Å². The predicted molar refractivity (Wildman–Crippen MR) is 99.4 cm³/mol. The Morgan fingerprint density at radius 3 is 1.77 bits per heavy atom. The van der Waals surface area contributed by atoms with Crippen molar-refractivity contribution in [2.75, 3.05) is 12.1 Å². The van der Waals surface area contributed by atoms with Gasteiger partial charge in [0.2, 0.25) is 0 Å². The molecule has 2 aromatic heterocycles. The maximum Gasteiger partial charge on any atom is 3.00 e. The molecule has 0 aliphatic heterocycles. The summed E-state index contributed by atoms with van der Waals surface area (Å²) in [5, 5.41) is 50.2. The summed E-state index contributed by atoms with van der Waals surface area (Å²) in [5.41, 5.74) is 0. The van der Waals surface area contributed by atoms with Gasteiger partial charge in [-0.25, -0.2) is 9.97 Å². The average molecular weight is 588 g/mol. The number of anilines is 1. The molecule has 19 heteroatoms. The number of hydrazone groups is 1. The molecule has 3 N–H and O–H groups in total. The Bertz CT molecular complexity index is 719. The first-order valence-corrected chi connectivity index (χ1v) is 6.58. The summed E-state index contributed by atoms with van der Waals surface area (Å²) in [5.74, 6) is 1.61. The largest absolute Gasteiger partial charge is 3.00 e. The summed E-state index contributed by atoms with van der Waals surface area (Å²) in [6.45, 7) is 0. The molecule has 0 aromatic carbocycles. The van der Waals surface area contributed by atoms with Crippen molar-refractivity contribution in [1.82, 2.24) is 14.5 Å². The van der Waals surface area contributed by atoms with E-state index in [0.717, 1.165) is 11.6 Å². The SMILES string of the molecule is CN(/N=C/c1nccn1C)c1ccccn1.O=[N+]([O-])[O-].O=[N+]([O-])[O-].O=[N+]([O-])[O-].[Er+3].[OH3+]. The topological polar surface area (TPSA) is 278 Å². The van der Waals surface area contributed by atoms with E-state index in [1.54, 1.807) is 23.6 Å². The number of pyridine rings is 1. The van der Waals surface area contributed by atoms with Crippen molar-refractivity contribution in [3.63, 3.8) is 0 Å². The Morgan fingerprint density at radius 1 is 0.967 bits per heavy atom. The summed E-state index contributed by atoms with van der Waals surface area (Å²) in [4.78, 5) is 33.1. The Kier molecular flexibility index (Phi) is 23.2. The average Bonchev–Trinajstić information content (AvgIpc) is 2.97. The molecule has 0 aliphatic rings. The van der Waals surface area contributed by atoms with E-state index in [4.69, 9.17) is 46.0 Å². The standard InChI is InChI=1S/C11H13N5.Er.3NO3.H2O/c1-15-8-7-13-11(15)9-14-16(2)10-5-3-4-6-12-10;;3*2-1(3)4;/h3-9H,1-2H3;;;;;1H2/q;+3;3*-1;/p+1/b14-9+;;;;;. The van der Waals surface area contributed by atoms with Crippen LogP contribution in [0.4, 0.5) is 5.82 Å². The zero-order valence-electron chi connectivity index (χ0n) is 15.2. The summed E-state index contributed by atoms with van der Waals surface area (Å²) < 4.78 is 1.90. The fourth-order valence-corrected chi connectivity index (χ4v) is 1.24. The van der Waals surface area contributed by atoms with Crippen LogP contribution in [-0.4, -0.2) is 43.1 Å². The minimum Gasteiger partial charge on any atom is -0.457 e. The summed E-state index contributed by atoms with van der Waals surface area (Å²) in [7, 11) is 3.77. The monoisotopic (exact) mass is 586 g/mol. The van der Waals surface area contributed by atoms with E-state index < -0.39 is 15.3 Å². The van der Waals surface area contributed by atoms with Gasteiger partial charge in [-0.2, -0.15) is 5.10 Å². The van der Waals surface area contributed by atoms with Crippen LogP contribution in [0.3, 0.4) is 0 Å². The normalized spacial score (nSPS) is 8.20. The second-order valence-electron chi connectivity index (χ2n) is 4.02. The van der Waals surface area contributed by atoms with E-state index in [0.29, 0.717) is 0 Å². The quantitative estimate of drug-likeness (QED) is 0.193. The van der Waals surface area contributed by atoms with Gasteiger partial charge in [0.1, 0.15) is 5.82 Å². The number of nitrogens with zero attached hydrogens (tertiary/aromatic N) is 8. The molecular weight excluding hydrogens is 571 g/mol. The molecular formula is C11H16ErN8O10+. The molecule has 0 aliphatic carbocycles. The smallest absolute Gasteiger partial charge is 0.457 e. The van der Waals surface area contributed by atoms with Crippen LogP contribution in [0.5, 0.6) is 0 Å². The molecule has 30 heavy (non-hydrogen) atoms. The molecule has 0 spiro atoms. The van der Waals surface area contributed by atoms with Crippen molar-refractivity contribution in [2.45, 2.75) is 0 Å². The first-order chi connectivity index (χ1) is 13.0. The van der Waals surface area contributed by atoms with Crippen molar-refractivity contribution in [3.8, 4) is 0 Å². The second kappa shape index (κ2) is 20.4. The first kappa shape index (κ1) is 34.2. The van der Waals surface area contributed by atoms with Gasteiger partial charge in [0.05, 0.1) is 21.5 Å². The Morgan fingerprint density at radius 2 is 1.43 bits per heavy atom. The van der Waals surface area contributed by atoms with Crippen molar-refractivity contribution in [2.24, 2.45) is 12.1 Å². The molecule has 171 valence electrons. The van der Waals surface area contributed by atoms with E-state index in [1.807, 2.05) is 43.1 Å². The molecule has 0 bridgehead atoms. The first-order valence-electron chi connectivity index (χ1n) is 6.58. The third-order valence-corrected chi connectivity index (χ3v) is 2.19. The van der Waals surface area contributed by atoms with Crippen LogP contribution in [0.15, 0.2) is 41.9 Å². The Balaban J connectivity index is -0.000000203. The zero-order valence-corrected chi connectivity index (χ0v) is 17.0. The van der Waals surface area contributed by atoms with Gasteiger partial charge >= 0.3 is 37.3 Å².